The van der Waals surface area contributed by atoms with E-state index in [-0.39, 0.29) is 18.7 Å². The minimum absolute atomic E-state index is 0.278. The summed E-state index contributed by atoms with van der Waals surface area (Å²) in [6.07, 6.45) is 2.37. The molecule has 0 saturated heterocycles. The van der Waals surface area contributed by atoms with Gasteiger partial charge < -0.3 is 19.9 Å². The predicted molar refractivity (Wildman–Crippen MR) is 95.1 cm³/mol. The first-order valence-corrected chi connectivity index (χ1v) is 9.11. The summed E-state index contributed by atoms with van der Waals surface area (Å²) in [6, 6.07) is -0.685. The van der Waals surface area contributed by atoms with Gasteiger partial charge >= 0.3 is 12.0 Å². The predicted octanol–water partition coefficient (Wildman–Crippen LogP) is 1.77. The molecule has 1 aliphatic rings. The lowest BCUT2D eigenvalue weighted by molar-refractivity contribution is -0.139. The van der Waals surface area contributed by atoms with Crippen molar-refractivity contribution in [1.29, 1.82) is 0 Å². The van der Waals surface area contributed by atoms with Crippen LogP contribution in [0.3, 0.4) is 0 Å². The number of rotatable bonds is 8. The van der Waals surface area contributed by atoms with Crippen LogP contribution in [0.1, 0.15) is 26.1 Å². The number of ether oxygens (including phenoxy) is 1. The number of thioether (sulfide) groups is 1. The van der Waals surface area contributed by atoms with Gasteiger partial charge in [-0.05, 0) is 20.3 Å². The van der Waals surface area contributed by atoms with Gasteiger partial charge in [0.05, 0.1) is 18.2 Å². The third kappa shape index (κ3) is 4.41. The van der Waals surface area contributed by atoms with E-state index in [0.717, 1.165) is 5.82 Å². The van der Waals surface area contributed by atoms with Crippen molar-refractivity contribution < 1.29 is 14.3 Å². The number of aromatic nitrogens is 3. The average Bonchev–Trinajstić information content (AvgIpc) is 2.93. The van der Waals surface area contributed by atoms with Crippen LogP contribution in [0.5, 0.6) is 0 Å². The van der Waals surface area contributed by atoms with Gasteiger partial charge in [-0.2, -0.15) is 0 Å². The summed E-state index contributed by atoms with van der Waals surface area (Å²) in [5.41, 5.74) is 1.01. The molecule has 0 unspecified atom stereocenters. The topological polar surface area (TPSA) is 98.1 Å². The Morgan fingerprint density at radius 2 is 2.20 bits per heavy atom. The van der Waals surface area contributed by atoms with Gasteiger partial charge in [0.2, 0.25) is 0 Å². The Morgan fingerprint density at radius 1 is 1.44 bits per heavy atom. The molecule has 1 aromatic heterocycles. The zero-order valence-corrected chi connectivity index (χ0v) is 15.5. The van der Waals surface area contributed by atoms with Crippen molar-refractivity contribution in [2.45, 2.75) is 44.9 Å². The van der Waals surface area contributed by atoms with Gasteiger partial charge in [-0.15, -0.1) is 16.8 Å². The van der Waals surface area contributed by atoms with Crippen LogP contribution < -0.4 is 10.6 Å². The van der Waals surface area contributed by atoms with Gasteiger partial charge in [-0.3, -0.25) is 0 Å². The maximum atomic E-state index is 12.3. The molecule has 0 radical (unpaired) electrons. The second kappa shape index (κ2) is 8.70. The van der Waals surface area contributed by atoms with E-state index in [1.807, 2.05) is 18.4 Å². The van der Waals surface area contributed by atoms with Crippen LogP contribution in [0.4, 0.5) is 4.79 Å². The van der Waals surface area contributed by atoms with Gasteiger partial charge in [-0.1, -0.05) is 24.8 Å². The summed E-state index contributed by atoms with van der Waals surface area (Å²) in [5.74, 6) is 0.747. The molecule has 1 atom stereocenters. The van der Waals surface area contributed by atoms with Crippen LogP contribution >= 0.6 is 11.8 Å². The Bertz CT molecular complexity index is 698. The zero-order chi connectivity index (χ0) is 18.4. The third-order valence-corrected chi connectivity index (χ3v) is 4.70. The van der Waals surface area contributed by atoms with E-state index in [2.05, 4.69) is 27.4 Å². The van der Waals surface area contributed by atoms with Crippen LogP contribution in [-0.4, -0.2) is 45.2 Å². The molecule has 8 nitrogen and oxygen atoms in total. The molecular weight excluding hydrogens is 342 g/mol. The Hall–Kier alpha value is -2.29. The number of urea groups is 1. The van der Waals surface area contributed by atoms with E-state index in [0.29, 0.717) is 35.1 Å². The minimum atomic E-state index is -0.416. The normalized spacial score (nSPS) is 17.1. The zero-order valence-electron chi connectivity index (χ0n) is 14.7. The second-order valence-corrected chi connectivity index (χ2v) is 6.33. The molecule has 0 aromatic carbocycles. The SMILES string of the molecule is C=CCn1c(C)nnc1SCC1=C(C(=O)OCC)[C@H](CC)NC(=O)N1. The quantitative estimate of drug-likeness (QED) is 0.414. The maximum absolute atomic E-state index is 12.3. The second-order valence-electron chi connectivity index (χ2n) is 5.39. The van der Waals surface area contributed by atoms with Crippen molar-refractivity contribution >= 4 is 23.8 Å². The number of aryl methyl sites for hydroxylation is 1. The van der Waals surface area contributed by atoms with E-state index in [9.17, 15) is 9.59 Å². The minimum Gasteiger partial charge on any atom is -0.463 e. The molecule has 2 N–H and O–H groups in total. The number of nitrogens with zero attached hydrogens (tertiary/aromatic N) is 3. The Morgan fingerprint density at radius 3 is 2.84 bits per heavy atom. The molecule has 0 saturated carbocycles. The van der Waals surface area contributed by atoms with Crippen LogP contribution in [0.25, 0.3) is 0 Å². The number of hydrogen-bond acceptors (Lipinski definition) is 6. The van der Waals surface area contributed by atoms with Crippen LogP contribution in [-0.2, 0) is 16.1 Å². The molecule has 0 aliphatic carbocycles. The van der Waals surface area contributed by atoms with E-state index in [4.69, 9.17) is 4.74 Å². The summed E-state index contributed by atoms with van der Waals surface area (Å²) in [4.78, 5) is 24.2. The first-order valence-electron chi connectivity index (χ1n) is 8.12. The van der Waals surface area contributed by atoms with Crippen molar-refractivity contribution in [2.24, 2.45) is 0 Å². The molecule has 9 heteroatoms. The van der Waals surface area contributed by atoms with E-state index >= 15 is 0 Å². The van der Waals surface area contributed by atoms with Gasteiger partial charge in [0.15, 0.2) is 5.16 Å². The summed E-state index contributed by atoms with van der Waals surface area (Å²) < 4.78 is 7.07. The average molecular weight is 365 g/mol. The number of nitrogens with one attached hydrogen (secondary N) is 2. The molecule has 2 rings (SSSR count). The molecular formula is C16H23N5O3S. The van der Waals surface area contributed by atoms with Gasteiger partial charge in [-0.25, -0.2) is 9.59 Å². The largest absolute Gasteiger partial charge is 0.463 e. The molecule has 0 bridgehead atoms. The molecule has 0 spiro atoms. The van der Waals surface area contributed by atoms with Crippen LogP contribution in [0, 0.1) is 6.92 Å². The number of esters is 1. The molecule has 2 heterocycles. The lowest BCUT2D eigenvalue weighted by Gasteiger charge is -2.28. The fourth-order valence-electron chi connectivity index (χ4n) is 2.52. The van der Waals surface area contributed by atoms with E-state index in [1.165, 1.54) is 11.8 Å². The van der Waals surface area contributed by atoms with Crippen LogP contribution in [0.15, 0.2) is 29.1 Å². The fourth-order valence-corrected chi connectivity index (χ4v) is 3.48. The third-order valence-electron chi connectivity index (χ3n) is 3.71. The van der Waals surface area contributed by atoms with Crippen LogP contribution in [0.2, 0.25) is 0 Å². The van der Waals surface area contributed by atoms with Crippen molar-refractivity contribution in [3.05, 3.63) is 29.7 Å². The maximum Gasteiger partial charge on any atom is 0.337 e. The number of hydrogen-bond donors (Lipinski definition) is 2. The van der Waals surface area contributed by atoms with E-state index < -0.39 is 5.97 Å². The lowest BCUT2D eigenvalue weighted by Crippen LogP contribution is -2.50. The van der Waals surface area contributed by atoms with Crippen molar-refractivity contribution in [3.8, 4) is 0 Å². The monoisotopic (exact) mass is 365 g/mol. The molecule has 1 aliphatic heterocycles. The number of allylic oxidation sites excluding steroid dienone is 1. The van der Waals surface area contributed by atoms with Gasteiger partial charge in [0, 0.05) is 18.0 Å². The Labute approximate surface area is 151 Å². The van der Waals surface area contributed by atoms with Gasteiger partial charge in [0.25, 0.3) is 0 Å². The van der Waals surface area contributed by atoms with Gasteiger partial charge in [0.1, 0.15) is 5.82 Å². The summed E-state index contributed by atoms with van der Waals surface area (Å²) >= 11 is 1.40. The molecule has 2 amide bonds. The summed E-state index contributed by atoms with van der Waals surface area (Å²) in [7, 11) is 0. The van der Waals surface area contributed by atoms with Crippen molar-refractivity contribution in [1.82, 2.24) is 25.4 Å². The van der Waals surface area contributed by atoms with E-state index in [1.54, 1.807) is 13.0 Å². The lowest BCUT2D eigenvalue weighted by atomic mass is 10.0. The molecule has 0 fully saturated rings. The highest BCUT2D eigenvalue weighted by Gasteiger charge is 2.31. The summed E-state index contributed by atoms with van der Waals surface area (Å²) in [6.45, 7) is 10.1. The van der Waals surface area contributed by atoms with Crippen molar-refractivity contribution in [2.75, 3.05) is 12.4 Å². The highest BCUT2D eigenvalue weighted by Crippen LogP contribution is 2.24. The number of amides is 2. The standard InChI is InChI=1S/C16H23N5O3S/c1-5-8-21-10(4)19-20-16(21)25-9-12-13(14(22)24-7-3)11(6-2)17-15(23)18-12/h5,11H,1,6-9H2,2-4H3,(H2,17,18,23)/t11-/m0/s1. The molecule has 136 valence electrons. The fraction of sp³-hybridized carbons (Fsp3) is 0.500. The molecule has 25 heavy (non-hydrogen) atoms. The smallest absolute Gasteiger partial charge is 0.337 e. The number of carbonyl (C=O) groups excluding carboxylic acids is 2. The Balaban J connectivity index is 2.27. The first-order chi connectivity index (χ1) is 12.0. The molecule has 1 aromatic rings. The Kier molecular flexibility index (Phi) is 6.63. The highest BCUT2D eigenvalue weighted by molar-refractivity contribution is 7.99. The number of carbonyl (C=O) groups is 2. The first kappa shape index (κ1) is 19.0. The highest BCUT2D eigenvalue weighted by atomic mass is 32.2. The van der Waals surface area contributed by atoms with Crippen molar-refractivity contribution in [3.63, 3.8) is 0 Å². The summed E-state index contributed by atoms with van der Waals surface area (Å²) in [5, 5.41) is 14.4.